The van der Waals surface area contributed by atoms with Crippen LogP contribution in [0.3, 0.4) is 0 Å². The van der Waals surface area contributed by atoms with Crippen molar-refractivity contribution in [2.45, 2.75) is 58.4 Å². The average molecular weight is 193 g/mol. The van der Waals surface area contributed by atoms with Gasteiger partial charge < -0.3 is 4.57 Å². The number of hydrogen-bond donors (Lipinski definition) is 0. The van der Waals surface area contributed by atoms with Crippen LogP contribution in [0, 0.1) is 0 Å². The zero-order chi connectivity index (χ0) is 10.2. The molecule has 0 bridgehead atoms. The molecule has 78 valence electrons. The molecule has 0 saturated heterocycles. The van der Waals surface area contributed by atoms with Gasteiger partial charge >= 0.3 is 0 Å². The molecule has 3 nitrogen and oxygen atoms in total. The molecule has 1 aliphatic heterocycles. The maximum absolute atomic E-state index is 4.32. The molecule has 2 rings (SSSR count). The van der Waals surface area contributed by atoms with Gasteiger partial charge in [-0.3, -0.25) is 0 Å². The molecule has 0 aliphatic carbocycles. The molecule has 1 aliphatic rings. The first kappa shape index (κ1) is 9.69. The Morgan fingerprint density at radius 1 is 1.07 bits per heavy atom. The SMILES string of the molecule is CC(C)(C)c1nnc2n1CCCCC2. The van der Waals surface area contributed by atoms with Crippen molar-refractivity contribution in [1.82, 2.24) is 14.8 Å². The van der Waals surface area contributed by atoms with E-state index >= 15 is 0 Å². The molecule has 2 heterocycles. The Hall–Kier alpha value is -0.860. The third-order valence-electron chi connectivity index (χ3n) is 2.78. The number of rotatable bonds is 0. The Labute approximate surface area is 85.5 Å². The second-order valence-corrected chi connectivity index (χ2v) is 5.15. The summed E-state index contributed by atoms with van der Waals surface area (Å²) < 4.78 is 2.33. The Morgan fingerprint density at radius 2 is 1.86 bits per heavy atom. The minimum Gasteiger partial charge on any atom is -0.315 e. The smallest absolute Gasteiger partial charge is 0.138 e. The van der Waals surface area contributed by atoms with E-state index < -0.39 is 0 Å². The summed E-state index contributed by atoms with van der Waals surface area (Å²) in [5.74, 6) is 2.34. The van der Waals surface area contributed by atoms with E-state index in [2.05, 4.69) is 35.5 Å². The summed E-state index contributed by atoms with van der Waals surface area (Å²) in [6.07, 6.45) is 4.96. The van der Waals surface area contributed by atoms with Gasteiger partial charge in [-0.15, -0.1) is 10.2 Å². The highest BCUT2D eigenvalue weighted by atomic mass is 15.3. The van der Waals surface area contributed by atoms with Crippen LogP contribution in [0.15, 0.2) is 0 Å². The van der Waals surface area contributed by atoms with Gasteiger partial charge in [0.15, 0.2) is 0 Å². The number of fused-ring (bicyclic) bond motifs is 1. The first-order valence-corrected chi connectivity index (χ1v) is 5.51. The fourth-order valence-corrected chi connectivity index (χ4v) is 2.04. The predicted molar refractivity (Wildman–Crippen MR) is 56.3 cm³/mol. The van der Waals surface area contributed by atoms with Crippen molar-refractivity contribution >= 4 is 0 Å². The molecular weight excluding hydrogens is 174 g/mol. The number of hydrogen-bond acceptors (Lipinski definition) is 2. The third kappa shape index (κ3) is 1.68. The van der Waals surface area contributed by atoms with E-state index in [4.69, 9.17) is 0 Å². The van der Waals surface area contributed by atoms with E-state index in [1.54, 1.807) is 0 Å². The fourth-order valence-electron chi connectivity index (χ4n) is 2.04. The van der Waals surface area contributed by atoms with Gasteiger partial charge in [0.2, 0.25) is 0 Å². The lowest BCUT2D eigenvalue weighted by atomic mass is 9.95. The summed E-state index contributed by atoms with van der Waals surface area (Å²) in [6, 6.07) is 0. The van der Waals surface area contributed by atoms with Crippen LogP contribution in [0.5, 0.6) is 0 Å². The fraction of sp³-hybridized carbons (Fsp3) is 0.818. The second-order valence-electron chi connectivity index (χ2n) is 5.15. The molecule has 0 atom stereocenters. The van der Waals surface area contributed by atoms with Gasteiger partial charge in [-0.2, -0.15) is 0 Å². The Balaban J connectivity index is 2.39. The van der Waals surface area contributed by atoms with E-state index in [-0.39, 0.29) is 5.41 Å². The summed E-state index contributed by atoms with van der Waals surface area (Å²) >= 11 is 0. The molecule has 14 heavy (non-hydrogen) atoms. The minimum atomic E-state index is 0.121. The molecule has 0 spiro atoms. The molecule has 0 aromatic carbocycles. The molecular formula is C11H19N3. The van der Waals surface area contributed by atoms with E-state index in [0.29, 0.717) is 0 Å². The van der Waals surface area contributed by atoms with Crippen LogP contribution in [0.2, 0.25) is 0 Å². The first-order valence-electron chi connectivity index (χ1n) is 5.51. The molecule has 0 saturated carbocycles. The van der Waals surface area contributed by atoms with Crippen LogP contribution in [-0.2, 0) is 18.4 Å². The summed E-state index contributed by atoms with van der Waals surface area (Å²) in [5, 5.41) is 8.62. The van der Waals surface area contributed by atoms with Crippen molar-refractivity contribution in [1.29, 1.82) is 0 Å². The molecule has 1 aromatic heterocycles. The summed E-state index contributed by atoms with van der Waals surface area (Å²) in [5.41, 5.74) is 0.121. The molecule has 0 N–H and O–H groups in total. The summed E-state index contributed by atoms with van der Waals surface area (Å²) in [6.45, 7) is 7.72. The van der Waals surface area contributed by atoms with Crippen LogP contribution in [0.1, 0.15) is 51.7 Å². The van der Waals surface area contributed by atoms with Crippen LogP contribution in [0.25, 0.3) is 0 Å². The van der Waals surface area contributed by atoms with Crippen molar-refractivity contribution < 1.29 is 0 Å². The van der Waals surface area contributed by atoms with Crippen molar-refractivity contribution in [3.05, 3.63) is 11.6 Å². The highest BCUT2D eigenvalue weighted by molar-refractivity contribution is 5.06. The molecule has 0 fully saturated rings. The highest BCUT2D eigenvalue weighted by Crippen LogP contribution is 2.23. The lowest BCUT2D eigenvalue weighted by Gasteiger charge is -2.18. The van der Waals surface area contributed by atoms with Gasteiger partial charge in [-0.05, 0) is 12.8 Å². The lowest BCUT2D eigenvalue weighted by molar-refractivity contribution is 0.488. The maximum Gasteiger partial charge on any atom is 0.138 e. The van der Waals surface area contributed by atoms with Crippen LogP contribution in [0.4, 0.5) is 0 Å². The Bertz CT molecular complexity index is 320. The minimum absolute atomic E-state index is 0.121. The van der Waals surface area contributed by atoms with Gasteiger partial charge in [0.1, 0.15) is 11.6 Å². The average Bonchev–Trinajstić information content (AvgIpc) is 2.36. The largest absolute Gasteiger partial charge is 0.315 e. The maximum atomic E-state index is 4.32. The lowest BCUT2D eigenvalue weighted by Crippen LogP contribution is -2.19. The van der Waals surface area contributed by atoms with Gasteiger partial charge in [0, 0.05) is 18.4 Å². The third-order valence-corrected chi connectivity index (χ3v) is 2.78. The van der Waals surface area contributed by atoms with Crippen molar-refractivity contribution in [2.24, 2.45) is 0 Å². The van der Waals surface area contributed by atoms with E-state index in [9.17, 15) is 0 Å². The second kappa shape index (κ2) is 3.37. The van der Waals surface area contributed by atoms with Crippen LogP contribution in [-0.4, -0.2) is 14.8 Å². The van der Waals surface area contributed by atoms with Gasteiger partial charge in [-0.1, -0.05) is 27.2 Å². The first-order chi connectivity index (χ1) is 6.59. The number of nitrogens with zero attached hydrogens (tertiary/aromatic N) is 3. The normalized spacial score (nSPS) is 17.6. The number of aryl methyl sites for hydroxylation is 1. The quantitative estimate of drug-likeness (QED) is 0.633. The monoisotopic (exact) mass is 193 g/mol. The van der Waals surface area contributed by atoms with Crippen LogP contribution >= 0.6 is 0 Å². The zero-order valence-electron chi connectivity index (χ0n) is 9.38. The molecule has 0 radical (unpaired) electrons. The van der Waals surface area contributed by atoms with Crippen molar-refractivity contribution in [3.8, 4) is 0 Å². The molecule has 3 heteroatoms. The standard InChI is InChI=1S/C11H19N3/c1-11(2,3)10-13-12-9-7-5-4-6-8-14(9)10/h4-8H2,1-3H3. The molecule has 0 amide bonds. The molecule has 1 aromatic rings. The Kier molecular flexibility index (Phi) is 2.33. The van der Waals surface area contributed by atoms with Crippen molar-refractivity contribution in [2.75, 3.05) is 0 Å². The van der Waals surface area contributed by atoms with E-state index in [1.807, 2.05) is 0 Å². The Morgan fingerprint density at radius 3 is 2.57 bits per heavy atom. The van der Waals surface area contributed by atoms with Gasteiger partial charge in [-0.25, -0.2) is 0 Å². The van der Waals surface area contributed by atoms with Gasteiger partial charge in [0.25, 0.3) is 0 Å². The number of aromatic nitrogens is 3. The summed E-state index contributed by atoms with van der Waals surface area (Å²) in [7, 11) is 0. The molecule has 0 unspecified atom stereocenters. The predicted octanol–water partition coefficient (Wildman–Crippen LogP) is 2.30. The van der Waals surface area contributed by atoms with Crippen molar-refractivity contribution in [3.63, 3.8) is 0 Å². The van der Waals surface area contributed by atoms with Crippen LogP contribution < -0.4 is 0 Å². The van der Waals surface area contributed by atoms with E-state index in [0.717, 1.165) is 18.8 Å². The topological polar surface area (TPSA) is 30.7 Å². The van der Waals surface area contributed by atoms with E-state index in [1.165, 1.54) is 25.1 Å². The van der Waals surface area contributed by atoms with Gasteiger partial charge in [0.05, 0.1) is 0 Å². The highest BCUT2D eigenvalue weighted by Gasteiger charge is 2.24. The zero-order valence-corrected chi connectivity index (χ0v) is 9.38. The summed E-state index contributed by atoms with van der Waals surface area (Å²) in [4.78, 5) is 0.